The van der Waals surface area contributed by atoms with Crippen molar-refractivity contribution < 1.29 is 9.53 Å². The maximum absolute atomic E-state index is 10.5. The smallest absolute Gasteiger partial charge is 0.150 e. The molecule has 0 aliphatic carbocycles. The summed E-state index contributed by atoms with van der Waals surface area (Å²) in [7, 11) is 1.58. The number of benzene rings is 1. The maximum Gasteiger partial charge on any atom is 0.150 e. The average Bonchev–Trinajstić information content (AvgIpc) is 2.05. The van der Waals surface area contributed by atoms with E-state index in [4.69, 9.17) is 16.3 Å². The van der Waals surface area contributed by atoms with Crippen molar-refractivity contribution in [3.63, 3.8) is 0 Å². The fraction of sp³-hybridized carbons (Fsp3) is 0.222. The van der Waals surface area contributed by atoms with Gasteiger partial charge in [-0.05, 0) is 23.8 Å². The molecule has 3 heteroatoms. The standard InChI is InChI=1S/C9H9ClO2/c1-12-6-8-4-9(10)3-2-7(8)5-11/h2-5H,6H2,1H3. The zero-order valence-electron chi connectivity index (χ0n) is 6.71. The highest BCUT2D eigenvalue weighted by atomic mass is 35.5. The highest BCUT2D eigenvalue weighted by Crippen LogP contribution is 2.15. The van der Waals surface area contributed by atoms with Crippen LogP contribution in [0, 0.1) is 0 Å². The van der Waals surface area contributed by atoms with E-state index < -0.39 is 0 Å². The first kappa shape index (κ1) is 9.23. The molecule has 0 heterocycles. The quantitative estimate of drug-likeness (QED) is 0.674. The lowest BCUT2D eigenvalue weighted by Crippen LogP contribution is -1.93. The molecule has 2 nitrogen and oxygen atoms in total. The Kier molecular flexibility index (Phi) is 3.26. The Morgan fingerprint density at radius 3 is 2.92 bits per heavy atom. The summed E-state index contributed by atoms with van der Waals surface area (Å²) in [6.07, 6.45) is 0.796. The van der Waals surface area contributed by atoms with Crippen LogP contribution in [-0.4, -0.2) is 13.4 Å². The molecule has 0 radical (unpaired) electrons. The highest BCUT2D eigenvalue weighted by Gasteiger charge is 2.01. The predicted molar refractivity (Wildman–Crippen MR) is 47.6 cm³/mol. The van der Waals surface area contributed by atoms with E-state index in [1.54, 1.807) is 25.3 Å². The van der Waals surface area contributed by atoms with Crippen LogP contribution in [0.25, 0.3) is 0 Å². The van der Waals surface area contributed by atoms with E-state index in [-0.39, 0.29) is 0 Å². The molecule has 12 heavy (non-hydrogen) atoms. The van der Waals surface area contributed by atoms with Crippen molar-refractivity contribution in [3.05, 3.63) is 34.3 Å². The van der Waals surface area contributed by atoms with Gasteiger partial charge in [0.15, 0.2) is 0 Å². The topological polar surface area (TPSA) is 26.3 Å². The lowest BCUT2D eigenvalue weighted by Gasteiger charge is -2.02. The van der Waals surface area contributed by atoms with E-state index >= 15 is 0 Å². The molecular weight excluding hydrogens is 176 g/mol. The SMILES string of the molecule is COCc1cc(Cl)ccc1C=O. The number of methoxy groups -OCH3 is 1. The minimum absolute atomic E-state index is 0.411. The van der Waals surface area contributed by atoms with Gasteiger partial charge in [-0.15, -0.1) is 0 Å². The van der Waals surface area contributed by atoms with Crippen LogP contribution >= 0.6 is 11.6 Å². The Hall–Kier alpha value is -0.860. The van der Waals surface area contributed by atoms with Crippen LogP contribution in [0.4, 0.5) is 0 Å². The van der Waals surface area contributed by atoms with E-state index in [2.05, 4.69) is 0 Å². The summed E-state index contributed by atoms with van der Waals surface area (Å²) >= 11 is 5.74. The molecular formula is C9H9ClO2. The summed E-state index contributed by atoms with van der Waals surface area (Å²) in [4.78, 5) is 10.5. The molecule has 0 bridgehead atoms. The number of ether oxygens (including phenoxy) is 1. The van der Waals surface area contributed by atoms with Gasteiger partial charge in [0.25, 0.3) is 0 Å². The molecule has 1 aromatic carbocycles. The minimum atomic E-state index is 0.411. The minimum Gasteiger partial charge on any atom is -0.380 e. The molecule has 0 aliphatic heterocycles. The van der Waals surface area contributed by atoms with Crippen molar-refractivity contribution in [1.29, 1.82) is 0 Å². The number of hydrogen-bond donors (Lipinski definition) is 0. The third-order valence-electron chi connectivity index (χ3n) is 1.53. The number of halogens is 1. The molecule has 0 N–H and O–H groups in total. The van der Waals surface area contributed by atoms with Crippen LogP contribution in [-0.2, 0) is 11.3 Å². The molecule has 64 valence electrons. The van der Waals surface area contributed by atoms with E-state index in [0.29, 0.717) is 17.2 Å². The van der Waals surface area contributed by atoms with E-state index in [0.717, 1.165) is 11.8 Å². The Balaban J connectivity index is 3.03. The second-order valence-corrected chi connectivity index (χ2v) is 2.83. The van der Waals surface area contributed by atoms with Gasteiger partial charge in [0.1, 0.15) is 6.29 Å². The van der Waals surface area contributed by atoms with Crippen molar-refractivity contribution in [2.75, 3.05) is 7.11 Å². The van der Waals surface area contributed by atoms with Crippen LogP contribution in [0.3, 0.4) is 0 Å². The Morgan fingerprint density at radius 1 is 1.58 bits per heavy atom. The second kappa shape index (κ2) is 4.24. The van der Waals surface area contributed by atoms with Crippen molar-refractivity contribution in [2.45, 2.75) is 6.61 Å². The molecule has 0 atom stereocenters. The monoisotopic (exact) mass is 184 g/mol. The summed E-state index contributed by atoms with van der Waals surface area (Å²) in [5.41, 5.74) is 1.45. The first-order chi connectivity index (χ1) is 5.77. The van der Waals surface area contributed by atoms with Gasteiger partial charge in [-0.25, -0.2) is 0 Å². The van der Waals surface area contributed by atoms with Crippen molar-refractivity contribution in [3.8, 4) is 0 Å². The molecule has 1 rings (SSSR count). The third kappa shape index (κ3) is 2.06. The zero-order chi connectivity index (χ0) is 8.97. The summed E-state index contributed by atoms with van der Waals surface area (Å²) in [5, 5.41) is 0.618. The first-order valence-electron chi connectivity index (χ1n) is 3.50. The van der Waals surface area contributed by atoms with Crippen LogP contribution in [0.1, 0.15) is 15.9 Å². The maximum atomic E-state index is 10.5. The summed E-state index contributed by atoms with van der Waals surface area (Å²) in [6, 6.07) is 5.10. The molecule has 0 fully saturated rings. The molecule has 0 amide bonds. The molecule has 0 unspecified atom stereocenters. The molecule has 0 spiro atoms. The normalized spacial score (nSPS) is 9.83. The predicted octanol–water partition coefficient (Wildman–Crippen LogP) is 2.30. The number of aldehydes is 1. The van der Waals surface area contributed by atoms with Gasteiger partial charge >= 0.3 is 0 Å². The van der Waals surface area contributed by atoms with Crippen LogP contribution in [0.5, 0.6) is 0 Å². The third-order valence-corrected chi connectivity index (χ3v) is 1.77. The molecule has 0 saturated carbocycles. The Labute approximate surface area is 76.1 Å². The van der Waals surface area contributed by atoms with Gasteiger partial charge in [0, 0.05) is 17.7 Å². The van der Waals surface area contributed by atoms with E-state index in [9.17, 15) is 4.79 Å². The van der Waals surface area contributed by atoms with Gasteiger partial charge in [0.2, 0.25) is 0 Å². The second-order valence-electron chi connectivity index (χ2n) is 2.39. The highest BCUT2D eigenvalue weighted by molar-refractivity contribution is 6.30. The summed E-state index contributed by atoms with van der Waals surface area (Å²) in [5.74, 6) is 0. The summed E-state index contributed by atoms with van der Waals surface area (Å²) in [6.45, 7) is 0.411. The average molecular weight is 185 g/mol. The van der Waals surface area contributed by atoms with E-state index in [1.807, 2.05) is 0 Å². The van der Waals surface area contributed by atoms with Crippen molar-refractivity contribution in [1.82, 2.24) is 0 Å². The van der Waals surface area contributed by atoms with E-state index in [1.165, 1.54) is 0 Å². The fourth-order valence-electron chi connectivity index (χ4n) is 0.970. The largest absolute Gasteiger partial charge is 0.380 e. The first-order valence-corrected chi connectivity index (χ1v) is 3.88. The summed E-state index contributed by atoms with van der Waals surface area (Å²) < 4.78 is 4.91. The molecule has 0 aliphatic rings. The van der Waals surface area contributed by atoms with Crippen molar-refractivity contribution >= 4 is 17.9 Å². The molecule has 1 aromatic rings. The van der Waals surface area contributed by atoms with Gasteiger partial charge in [-0.1, -0.05) is 11.6 Å². The van der Waals surface area contributed by atoms with Crippen molar-refractivity contribution in [2.24, 2.45) is 0 Å². The number of hydrogen-bond acceptors (Lipinski definition) is 2. The van der Waals surface area contributed by atoms with Gasteiger partial charge in [-0.2, -0.15) is 0 Å². The van der Waals surface area contributed by atoms with Gasteiger partial charge in [-0.3, -0.25) is 4.79 Å². The molecule has 0 aromatic heterocycles. The van der Waals surface area contributed by atoms with Crippen LogP contribution in [0.15, 0.2) is 18.2 Å². The Bertz CT molecular complexity index is 284. The lowest BCUT2D eigenvalue weighted by molar-refractivity contribution is 0.111. The lowest BCUT2D eigenvalue weighted by atomic mass is 10.1. The van der Waals surface area contributed by atoms with Gasteiger partial charge < -0.3 is 4.74 Å². The fourth-order valence-corrected chi connectivity index (χ4v) is 1.16. The number of carbonyl (C=O) groups excluding carboxylic acids is 1. The number of rotatable bonds is 3. The van der Waals surface area contributed by atoms with Crippen LogP contribution < -0.4 is 0 Å². The zero-order valence-corrected chi connectivity index (χ0v) is 7.47. The van der Waals surface area contributed by atoms with Gasteiger partial charge in [0.05, 0.1) is 6.61 Å². The molecule has 0 saturated heterocycles. The van der Waals surface area contributed by atoms with Crippen LogP contribution in [0.2, 0.25) is 5.02 Å². The Morgan fingerprint density at radius 2 is 2.33 bits per heavy atom. The number of carbonyl (C=O) groups is 1.